The zero-order chi connectivity index (χ0) is 15.6. The molecule has 1 aliphatic rings. The Morgan fingerprint density at radius 2 is 2.00 bits per heavy atom. The summed E-state index contributed by atoms with van der Waals surface area (Å²) in [5.41, 5.74) is 2.26. The Balaban J connectivity index is 2.00. The Hall–Kier alpha value is -1.84. The maximum absolute atomic E-state index is 12.4. The van der Waals surface area contributed by atoms with Gasteiger partial charge in [-0.1, -0.05) is 45.0 Å². The Morgan fingerprint density at radius 3 is 2.57 bits per heavy atom. The molecule has 0 radical (unpaired) electrons. The first-order chi connectivity index (χ1) is 9.76. The summed E-state index contributed by atoms with van der Waals surface area (Å²) < 4.78 is 0. The van der Waals surface area contributed by atoms with Crippen LogP contribution in [0.3, 0.4) is 0 Å². The lowest BCUT2D eigenvalue weighted by molar-refractivity contribution is -0.138. The van der Waals surface area contributed by atoms with Crippen molar-refractivity contribution in [1.29, 1.82) is 0 Å². The number of carboxylic acids is 1. The molecule has 2 N–H and O–H groups in total. The highest BCUT2D eigenvalue weighted by molar-refractivity contribution is 5.87. The average Bonchev–Trinajstić information content (AvgIpc) is 2.27. The van der Waals surface area contributed by atoms with Gasteiger partial charge >= 0.3 is 5.97 Å². The number of carbonyl (C=O) groups excluding carboxylic acids is 1. The van der Waals surface area contributed by atoms with E-state index in [2.05, 4.69) is 5.32 Å². The summed E-state index contributed by atoms with van der Waals surface area (Å²) in [5, 5.41) is 11.9. The maximum Gasteiger partial charge on any atom is 0.305 e. The van der Waals surface area contributed by atoms with Gasteiger partial charge in [-0.15, -0.1) is 0 Å². The van der Waals surface area contributed by atoms with Crippen molar-refractivity contribution in [1.82, 2.24) is 5.32 Å². The van der Waals surface area contributed by atoms with Crippen molar-refractivity contribution in [3.05, 3.63) is 35.4 Å². The highest BCUT2D eigenvalue weighted by Gasteiger charge is 2.33. The topological polar surface area (TPSA) is 66.4 Å². The Kier molecular flexibility index (Phi) is 4.35. The number of benzene rings is 1. The van der Waals surface area contributed by atoms with Gasteiger partial charge < -0.3 is 10.4 Å². The van der Waals surface area contributed by atoms with Crippen molar-refractivity contribution in [2.75, 3.05) is 0 Å². The first-order valence-electron chi connectivity index (χ1n) is 7.36. The monoisotopic (exact) mass is 289 g/mol. The van der Waals surface area contributed by atoms with Crippen LogP contribution in [0.4, 0.5) is 0 Å². The minimum absolute atomic E-state index is 0.0229. The van der Waals surface area contributed by atoms with E-state index in [1.54, 1.807) is 0 Å². The molecule has 2 atom stereocenters. The van der Waals surface area contributed by atoms with Crippen LogP contribution in [0.1, 0.15) is 50.7 Å². The molecule has 4 heteroatoms. The molecule has 0 spiro atoms. The van der Waals surface area contributed by atoms with E-state index in [1.165, 1.54) is 5.56 Å². The third-order valence-corrected chi connectivity index (χ3v) is 3.80. The molecule has 1 aliphatic carbocycles. The molecule has 1 aromatic rings. The molecule has 0 fully saturated rings. The van der Waals surface area contributed by atoms with Gasteiger partial charge in [0, 0.05) is 6.04 Å². The fraction of sp³-hybridized carbons (Fsp3) is 0.529. The number of aliphatic carboxylic acids is 1. The van der Waals surface area contributed by atoms with Gasteiger partial charge in [0.15, 0.2) is 0 Å². The fourth-order valence-corrected chi connectivity index (χ4v) is 2.92. The van der Waals surface area contributed by atoms with Crippen LogP contribution >= 0.6 is 0 Å². The van der Waals surface area contributed by atoms with Gasteiger partial charge in [0.1, 0.15) is 0 Å². The van der Waals surface area contributed by atoms with Crippen molar-refractivity contribution in [3.63, 3.8) is 0 Å². The molecule has 1 aromatic carbocycles. The maximum atomic E-state index is 12.4. The van der Waals surface area contributed by atoms with Gasteiger partial charge in [-0.3, -0.25) is 9.59 Å². The van der Waals surface area contributed by atoms with Crippen LogP contribution in [-0.4, -0.2) is 23.0 Å². The molecule has 21 heavy (non-hydrogen) atoms. The normalized spacial score (nSPS) is 18.3. The van der Waals surface area contributed by atoms with Crippen molar-refractivity contribution < 1.29 is 14.7 Å². The summed E-state index contributed by atoms with van der Waals surface area (Å²) in [4.78, 5) is 23.3. The Bertz CT molecular complexity index is 545. The SMILES string of the molecule is CC(C)(C)CC(CC(=O)O)NC(=O)C1Cc2ccccc21. The fourth-order valence-electron chi connectivity index (χ4n) is 2.92. The lowest BCUT2D eigenvalue weighted by Gasteiger charge is -2.32. The Labute approximate surface area is 125 Å². The van der Waals surface area contributed by atoms with Crippen LogP contribution < -0.4 is 5.32 Å². The smallest absolute Gasteiger partial charge is 0.305 e. The zero-order valence-electron chi connectivity index (χ0n) is 12.8. The van der Waals surface area contributed by atoms with E-state index in [0.717, 1.165) is 12.0 Å². The summed E-state index contributed by atoms with van der Waals surface area (Å²) in [5.74, 6) is -1.06. The zero-order valence-corrected chi connectivity index (χ0v) is 12.8. The largest absolute Gasteiger partial charge is 0.481 e. The Morgan fingerprint density at radius 1 is 1.33 bits per heavy atom. The van der Waals surface area contributed by atoms with E-state index in [0.29, 0.717) is 6.42 Å². The summed E-state index contributed by atoms with van der Waals surface area (Å²) in [6, 6.07) is 7.59. The first-order valence-corrected chi connectivity index (χ1v) is 7.36. The standard InChI is InChI=1S/C17H23NO3/c1-17(2,3)10-12(9-15(19)20)18-16(21)14-8-11-6-4-5-7-13(11)14/h4-7,12,14H,8-10H2,1-3H3,(H,18,21)(H,19,20). The van der Waals surface area contributed by atoms with Gasteiger partial charge in [0.05, 0.1) is 12.3 Å². The van der Waals surface area contributed by atoms with Crippen molar-refractivity contribution in [2.45, 2.75) is 52.0 Å². The van der Waals surface area contributed by atoms with Gasteiger partial charge in [0.25, 0.3) is 0 Å². The number of rotatable bonds is 5. The molecule has 1 amide bonds. The third-order valence-electron chi connectivity index (χ3n) is 3.80. The lowest BCUT2D eigenvalue weighted by Crippen LogP contribution is -2.43. The molecule has 0 saturated heterocycles. The van der Waals surface area contributed by atoms with Crippen LogP contribution in [0.25, 0.3) is 0 Å². The molecular formula is C17H23NO3. The molecule has 0 aliphatic heterocycles. The van der Waals surface area contributed by atoms with Crippen molar-refractivity contribution >= 4 is 11.9 Å². The van der Waals surface area contributed by atoms with Crippen LogP contribution in [0.5, 0.6) is 0 Å². The van der Waals surface area contributed by atoms with Crippen LogP contribution in [0, 0.1) is 5.41 Å². The highest BCUT2D eigenvalue weighted by atomic mass is 16.4. The second-order valence-electron chi connectivity index (χ2n) is 7.02. The number of hydrogen-bond donors (Lipinski definition) is 2. The summed E-state index contributed by atoms with van der Waals surface area (Å²) in [6.45, 7) is 6.14. The number of carbonyl (C=O) groups is 2. The van der Waals surface area contributed by atoms with E-state index in [9.17, 15) is 9.59 Å². The van der Waals surface area contributed by atoms with Crippen LogP contribution in [0.15, 0.2) is 24.3 Å². The van der Waals surface area contributed by atoms with Crippen molar-refractivity contribution in [3.8, 4) is 0 Å². The van der Waals surface area contributed by atoms with Gasteiger partial charge in [-0.2, -0.15) is 0 Å². The number of carboxylic acid groups (broad SMARTS) is 1. The predicted octanol–water partition coefficient (Wildman–Crippen LogP) is 2.72. The minimum Gasteiger partial charge on any atom is -0.481 e. The minimum atomic E-state index is -0.876. The quantitative estimate of drug-likeness (QED) is 0.876. The van der Waals surface area contributed by atoms with E-state index in [4.69, 9.17) is 5.11 Å². The molecule has 0 heterocycles. The van der Waals surface area contributed by atoms with E-state index in [1.807, 2.05) is 45.0 Å². The highest BCUT2D eigenvalue weighted by Crippen LogP contribution is 2.35. The molecule has 0 bridgehead atoms. The van der Waals surface area contributed by atoms with Crippen LogP contribution in [-0.2, 0) is 16.0 Å². The summed E-state index contributed by atoms with van der Waals surface area (Å²) >= 11 is 0. The number of amides is 1. The van der Waals surface area contributed by atoms with Crippen molar-refractivity contribution in [2.24, 2.45) is 5.41 Å². The molecule has 114 valence electrons. The number of nitrogens with one attached hydrogen (secondary N) is 1. The van der Waals surface area contributed by atoms with Gasteiger partial charge in [-0.05, 0) is 29.4 Å². The molecule has 2 rings (SSSR count). The van der Waals surface area contributed by atoms with Gasteiger partial charge in [-0.25, -0.2) is 0 Å². The summed E-state index contributed by atoms with van der Waals surface area (Å²) in [6.07, 6.45) is 1.37. The lowest BCUT2D eigenvalue weighted by atomic mass is 9.77. The first kappa shape index (κ1) is 15.5. The number of hydrogen-bond acceptors (Lipinski definition) is 2. The average molecular weight is 289 g/mol. The van der Waals surface area contributed by atoms with E-state index < -0.39 is 5.97 Å². The predicted molar refractivity (Wildman–Crippen MR) is 81.1 cm³/mol. The molecule has 4 nitrogen and oxygen atoms in total. The van der Waals surface area contributed by atoms with Gasteiger partial charge in [0.2, 0.25) is 5.91 Å². The third kappa shape index (κ3) is 4.06. The molecule has 0 saturated carbocycles. The molecule has 2 unspecified atom stereocenters. The van der Waals surface area contributed by atoms with E-state index in [-0.39, 0.29) is 29.7 Å². The molecule has 0 aromatic heterocycles. The summed E-state index contributed by atoms with van der Waals surface area (Å²) in [7, 11) is 0. The second kappa shape index (κ2) is 5.88. The molecular weight excluding hydrogens is 266 g/mol. The van der Waals surface area contributed by atoms with Crippen LogP contribution in [0.2, 0.25) is 0 Å². The second-order valence-corrected chi connectivity index (χ2v) is 7.02. The van der Waals surface area contributed by atoms with E-state index >= 15 is 0 Å². The number of fused-ring (bicyclic) bond motifs is 1.